The third kappa shape index (κ3) is 5.89. The summed E-state index contributed by atoms with van der Waals surface area (Å²) in [5.41, 5.74) is 3.98. The molecule has 0 aromatic heterocycles. The molecule has 0 saturated heterocycles. The molecule has 0 aliphatic heterocycles. The lowest BCUT2D eigenvalue weighted by Crippen LogP contribution is -2.17. The number of nitro groups is 1. The predicted molar refractivity (Wildman–Crippen MR) is 120 cm³/mol. The van der Waals surface area contributed by atoms with Crippen LogP contribution in [-0.2, 0) is 6.61 Å². The van der Waals surface area contributed by atoms with Crippen LogP contribution >= 0.6 is 15.9 Å². The van der Waals surface area contributed by atoms with E-state index < -0.39 is 10.8 Å². The second kappa shape index (κ2) is 10.4. The number of amides is 1. The number of nitrogens with one attached hydrogen (secondary N) is 1. The van der Waals surface area contributed by atoms with E-state index in [0.29, 0.717) is 28.1 Å². The van der Waals surface area contributed by atoms with Crippen LogP contribution in [0.25, 0.3) is 0 Å². The number of rotatable bonds is 8. The molecular weight excluding hydrogens is 466 g/mol. The molecule has 0 atom stereocenters. The summed E-state index contributed by atoms with van der Waals surface area (Å²) in [7, 11) is 1.53. The van der Waals surface area contributed by atoms with Crippen molar-refractivity contribution in [2.24, 2.45) is 5.10 Å². The van der Waals surface area contributed by atoms with E-state index in [1.165, 1.54) is 37.6 Å². The van der Waals surface area contributed by atoms with Gasteiger partial charge in [0.2, 0.25) is 0 Å². The van der Waals surface area contributed by atoms with Gasteiger partial charge in [0.15, 0.2) is 11.5 Å². The van der Waals surface area contributed by atoms with Crippen molar-refractivity contribution in [3.63, 3.8) is 0 Å². The minimum atomic E-state index is -0.564. The normalized spacial score (nSPS) is 10.6. The van der Waals surface area contributed by atoms with E-state index in [-0.39, 0.29) is 11.3 Å². The molecule has 31 heavy (non-hydrogen) atoms. The molecule has 0 radical (unpaired) electrons. The van der Waals surface area contributed by atoms with Crippen LogP contribution in [-0.4, -0.2) is 24.2 Å². The van der Waals surface area contributed by atoms with Crippen molar-refractivity contribution in [1.29, 1.82) is 0 Å². The minimum absolute atomic E-state index is 0.134. The van der Waals surface area contributed by atoms with E-state index in [0.717, 1.165) is 5.56 Å². The molecule has 0 saturated carbocycles. The monoisotopic (exact) mass is 483 g/mol. The molecule has 1 N–H and O–H groups in total. The summed E-state index contributed by atoms with van der Waals surface area (Å²) in [5, 5.41) is 14.8. The van der Waals surface area contributed by atoms with Gasteiger partial charge in [0, 0.05) is 17.7 Å². The number of benzene rings is 3. The highest BCUT2D eigenvalue weighted by Gasteiger charge is 2.13. The molecule has 3 rings (SSSR count). The second-order valence-corrected chi connectivity index (χ2v) is 7.17. The maximum absolute atomic E-state index is 12.2. The zero-order chi connectivity index (χ0) is 22.2. The minimum Gasteiger partial charge on any atom is -0.493 e. The maximum Gasteiger partial charge on any atom is 0.271 e. The average molecular weight is 484 g/mol. The molecule has 0 aliphatic rings. The van der Waals surface area contributed by atoms with Crippen molar-refractivity contribution in [2.75, 3.05) is 7.11 Å². The SMILES string of the molecule is COc1cc(/C=N\NC(=O)c2cccc([N+](=O)[O-])c2)cc(Br)c1OCc1ccccc1. The Bertz CT molecular complexity index is 1120. The molecule has 0 aliphatic carbocycles. The van der Waals surface area contributed by atoms with Crippen molar-refractivity contribution >= 4 is 33.7 Å². The molecule has 0 unspecified atom stereocenters. The molecule has 0 bridgehead atoms. The Labute approximate surface area is 186 Å². The summed E-state index contributed by atoms with van der Waals surface area (Å²) in [6.07, 6.45) is 1.43. The lowest BCUT2D eigenvalue weighted by molar-refractivity contribution is -0.384. The summed E-state index contributed by atoms with van der Waals surface area (Å²) in [4.78, 5) is 22.4. The number of hydrogen-bond acceptors (Lipinski definition) is 6. The van der Waals surface area contributed by atoms with Crippen molar-refractivity contribution in [1.82, 2.24) is 5.43 Å². The Balaban J connectivity index is 1.69. The van der Waals surface area contributed by atoms with Gasteiger partial charge < -0.3 is 9.47 Å². The number of hydrogen-bond donors (Lipinski definition) is 1. The fourth-order valence-electron chi connectivity index (χ4n) is 2.67. The summed E-state index contributed by atoms with van der Waals surface area (Å²) < 4.78 is 12.0. The largest absolute Gasteiger partial charge is 0.493 e. The van der Waals surface area contributed by atoms with Crippen molar-refractivity contribution in [3.8, 4) is 11.5 Å². The number of nitrogens with zero attached hydrogens (tertiary/aromatic N) is 2. The third-order valence-electron chi connectivity index (χ3n) is 4.18. The van der Waals surface area contributed by atoms with Gasteiger partial charge in [-0.2, -0.15) is 5.10 Å². The fourth-order valence-corrected chi connectivity index (χ4v) is 3.25. The summed E-state index contributed by atoms with van der Waals surface area (Å²) in [6, 6.07) is 18.6. The van der Waals surface area contributed by atoms with Crippen LogP contribution in [0.15, 0.2) is 76.3 Å². The molecule has 0 heterocycles. The summed E-state index contributed by atoms with van der Waals surface area (Å²) >= 11 is 3.47. The van der Waals surface area contributed by atoms with Gasteiger partial charge in [-0.3, -0.25) is 14.9 Å². The van der Waals surface area contributed by atoms with Crippen molar-refractivity contribution in [2.45, 2.75) is 6.61 Å². The van der Waals surface area contributed by atoms with Crippen LogP contribution in [0.2, 0.25) is 0 Å². The Morgan fingerprint density at radius 2 is 1.94 bits per heavy atom. The van der Waals surface area contributed by atoms with E-state index in [1.54, 1.807) is 12.1 Å². The van der Waals surface area contributed by atoms with Crippen LogP contribution in [0, 0.1) is 10.1 Å². The number of carbonyl (C=O) groups is 1. The van der Waals surface area contributed by atoms with Crippen molar-refractivity contribution in [3.05, 3.63) is 98.0 Å². The highest BCUT2D eigenvalue weighted by molar-refractivity contribution is 9.10. The number of hydrazone groups is 1. The van der Waals surface area contributed by atoms with Gasteiger partial charge in [-0.25, -0.2) is 5.43 Å². The number of halogens is 1. The molecule has 3 aromatic carbocycles. The molecule has 0 fully saturated rings. The Morgan fingerprint density at radius 3 is 2.65 bits per heavy atom. The zero-order valence-corrected chi connectivity index (χ0v) is 18.0. The highest BCUT2D eigenvalue weighted by atomic mass is 79.9. The molecule has 1 amide bonds. The molecule has 9 heteroatoms. The Kier molecular flexibility index (Phi) is 7.34. The standard InChI is InChI=1S/C22H18BrN3O5/c1-30-20-11-16(10-19(23)21(20)31-14-15-6-3-2-4-7-15)13-24-25-22(27)17-8-5-9-18(12-17)26(28)29/h2-13H,14H2,1H3,(H,25,27)/b24-13-. The van der Waals surface area contributed by atoms with Gasteiger partial charge in [-0.15, -0.1) is 0 Å². The van der Waals surface area contributed by atoms with Gasteiger partial charge in [0.1, 0.15) is 6.61 Å². The van der Waals surface area contributed by atoms with Crippen LogP contribution in [0.3, 0.4) is 0 Å². The first-order valence-electron chi connectivity index (χ1n) is 9.10. The lowest BCUT2D eigenvalue weighted by Gasteiger charge is -2.13. The predicted octanol–water partition coefficient (Wildman–Crippen LogP) is 4.71. The number of ether oxygens (including phenoxy) is 2. The molecule has 8 nitrogen and oxygen atoms in total. The fraction of sp³-hybridized carbons (Fsp3) is 0.0909. The van der Waals surface area contributed by atoms with Crippen molar-refractivity contribution < 1.29 is 19.2 Å². The highest BCUT2D eigenvalue weighted by Crippen LogP contribution is 2.36. The van der Waals surface area contributed by atoms with Gasteiger partial charge in [0.05, 0.1) is 22.7 Å². The molecule has 3 aromatic rings. The average Bonchev–Trinajstić information content (AvgIpc) is 2.78. The topological polar surface area (TPSA) is 103 Å². The maximum atomic E-state index is 12.2. The third-order valence-corrected chi connectivity index (χ3v) is 4.77. The van der Waals surface area contributed by atoms with Crippen LogP contribution in [0.5, 0.6) is 11.5 Å². The number of nitro benzene ring substituents is 1. The van der Waals surface area contributed by atoms with Crippen LogP contribution in [0.4, 0.5) is 5.69 Å². The van der Waals surface area contributed by atoms with E-state index >= 15 is 0 Å². The molecule has 0 spiro atoms. The van der Waals surface area contributed by atoms with Gasteiger partial charge in [-0.05, 0) is 45.3 Å². The zero-order valence-electron chi connectivity index (χ0n) is 16.4. The van der Waals surface area contributed by atoms with E-state index in [4.69, 9.17) is 9.47 Å². The first-order valence-corrected chi connectivity index (χ1v) is 9.89. The first-order chi connectivity index (χ1) is 15.0. The van der Waals surface area contributed by atoms with Crippen LogP contribution < -0.4 is 14.9 Å². The number of methoxy groups -OCH3 is 1. The quantitative estimate of drug-likeness (QED) is 0.284. The second-order valence-electron chi connectivity index (χ2n) is 6.31. The number of carbonyl (C=O) groups excluding carboxylic acids is 1. The summed E-state index contributed by atoms with van der Waals surface area (Å²) in [6.45, 7) is 0.377. The van der Waals surface area contributed by atoms with Crippen LogP contribution in [0.1, 0.15) is 21.5 Å². The van der Waals surface area contributed by atoms with Gasteiger partial charge in [0.25, 0.3) is 11.6 Å². The Morgan fingerprint density at radius 1 is 1.16 bits per heavy atom. The first kappa shape index (κ1) is 22.0. The van der Waals surface area contributed by atoms with Gasteiger partial charge in [-0.1, -0.05) is 36.4 Å². The smallest absolute Gasteiger partial charge is 0.271 e. The molecular formula is C22H18BrN3O5. The Hall–Kier alpha value is -3.72. The van der Waals surface area contributed by atoms with E-state index in [2.05, 4.69) is 26.5 Å². The number of non-ortho nitro benzene ring substituents is 1. The van der Waals surface area contributed by atoms with E-state index in [1.807, 2.05) is 30.3 Å². The summed E-state index contributed by atoms with van der Waals surface area (Å²) in [5.74, 6) is 0.481. The lowest BCUT2D eigenvalue weighted by atomic mass is 10.2. The van der Waals surface area contributed by atoms with E-state index in [9.17, 15) is 14.9 Å². The van der Waals surface area contributed by atoms with Gasteiger partial charge >= 0.3 is 0 Å². The molecule has 158 valence electrons.